The number of nitrogens with one attached hydrogen (secondary N) is 1. The monoisotopic (exact) mass is 354 g/mol. The van der Waals surface area contributed by atoms with Crippen LogP contribution < -0.4 is 5.32 Å². The summed E-state index contributed by atoms with van der Waals surface area (Å²) in [4.78, 5) is 18.4. The van der Waals surface area contributed by atoms with Gasteiger partial charge in [0.05, 0.1) is 4.88 Å². The first kappa shape index (κ1) is 13.1. The predicted molar refractivity (Wildman–Crippen MR) is 84.1 cm³/mol. The molecule has 3 rings (SSSR count). The lowest BCUT2D eigenvalue weighted by Crippen LogP contribution is -2.11. The van der Waals surface area contributed by atoms with Gasteiger partial charge in [-0.15, -0.1) is 11.3 Å². The normalized spacial score (nSPS) is 13.9. The average molecular weight is 355 g/mol. The molecule has 0 aliphatic carbocycles. The highest BCUT2D eigenvalue weighted by atomic mass is 79.9. The SMILES string of the molecule is O=C(Nc1ccc(Br)cn1)c1cc2c(s1)CCSC2. The zero-order chi connectivity index (χ0) is 13.2. The Morgan fingerprint density at radius 1 is 1.42 bits per heavy atom. The fourth-order valence-corrected chi connectivity index (χ4v) is 4.39. The Kier molecular flexibility index (Phi) is 3.91. The molecule has 1 aliphatic rings. The van der Waals surface area contributed by atoms with Crippen LogP contribution in [0.2, 0.25) is 0 Å². The molecule has 0 unspecified atom stereocenters. The van der Waals surface area contributed by atoms with Crippen molar-refractivity contribution in [2.24, 2.45) is 0 Å². The molecule has 1 aliphatic heterocycles. The summed E-state index contributed by atoms with van der Waals surface area (Å²) in [6.45, 7) is 0. The topological polar surface area (TPSA) is 42.0 Å². The van der Waals surface area contributed by atoms with E-state index >= 15 is 0 Å². The van der Waals surface area contributed by atoms with Crippen molar-refractivity contribution >= 4 is 50.8 Å². The largest absolute Gasteiger partial charge is 0.306 e. The molecule has 0 aromatic carbocycles. The fourth-order valence-electron chi connectivity index (χ4n) is 1.89. The Balaban J connectivity index is 1.76. The molecule has 1 N–H and O–H groups in total. The average Bonchev–Trinajstić information content (AvgIpc) is 2.85. The quantitative estimate of drug-likeness (QED) is 0.887. The highest BCUT2D eigenvalue weighted by Crippen LogP contribution is 2.31. The molecule has 19 heavy (non-hydrogen) atoms. The Bertz CT molecular complexity index is 586. The van der Waals surface area contributed by atoms with Crippen LogP contribution in [0.5, 0.6) is 0 Å². The summed E-state index contributed by atoms with van der Waals surface area (Å²) >= 11 is 6.85. The molecule has 3 nitrogen and oxygen atoms in total. The van der Waals surface area contributed by atoms with E-state index in [0.717, 1.165) is 27.3 Å². The second-order valence-corrected chi connectivity index (χ2v) is 7.34. The summed E-state index contributed by atoms with van der Waals surface area (Å²) in [5.41, 5.74) is 1.31. The van der Waals surface area contributed by atoms with E-state index in [9.17, 15) is 4.79 Å². The molecule has 0 bridgehead atoms. The van der Waals surface area contributed by atoms with E-state index in [1.807, 2.05) is 23.9 Å². The van der Waals surface area contributed by atoms with E-state index in [0.29, 0.717) is 5.82 Å². The molecule has 0 atom stereocenters. The number of pyridine rings is 1. The first-order valence-corrected chi connectivity index (χ1v) is 8.61. The molecule has 0 fully saturated rings. The molecule has 2 aromatic rings. The van der Waals surface area contributed by atoms with Crippen LogP contribution in [0.4, 0.5) is 5.82 Å². The van der Waals surface area contributed by atoms with Crippen molar-refractivity contribution in [1.29, 1.82) is 0 Å². The maximum absolute atomic E-state index is 12.2. The van der Waals surface area contributed by atoms with Gasteiger partial charge in [0.15, 0.2) is 0 Å². The lowest BCUT2D eigenvalue weighted by Gasteiger charge is -2.08. The number of thiophene rings is 1. The number of thioether (sulfide) groups is 1. The smallest absolute Gasteiger partial charge is 0.266 e. The molecule has 3 heterocycles. The summed E-state index contributed by atoms with van der Waals surface area (Å²) in [6, 6.07) is 5.66. The lowest BCUT2D eigenvalue weighted by molar-refractivity contribution is 0.103. The highest BCUT2D eigenvalue weighted by Gasteiger charge is 2.17. The number of aromatic nitrogens is 1. The Labute approximate surface area is 128 Å². The van der Waals surface area contributed by atoms with E-state index in [1.165, 1.54) is 10.4 Å². The van der Waals surface area contributed by atoms with Crippen molar-refractivity contribution in [3.63, 3.8) is 0 Å². The number of amides is 1. The third-order valence-corrected chi connectivity index (χ3v) is 5.53. The minimum absolute atomic E-state index is 0.0702. The summed E-state index contributed by atoms with van der Waals surface area (Å²) in [5, 5.41) is 2.83. The number of hydrogen-bond acceptors (Lipinski definition) is 4. The minimum Gasteiger partial charge on any atom is -0.306 e. The standard InChI is InChI=1S/C13H11BrN2OS2/c14-9-1-2-12(15-6-9)16-13(17)11-5-8-7-18-4-3-10(8)19-11/h1-2,5-6H,3-4,7H2,(H,15,16,17). The first-order chi connectivity index (χ1) is 9.22. The number of fused-ring (bicyclic) bond motifs is 1. The predicted octanol–water partition coefficient (Wildman–Crippen LogP) is 3.95. The molecule has 98 valence electrons. The minimum atomic E-state index is -0.0702. The number of aryl methyl sites for hydroxylation is 1. The zero-order valence-electron chi connectivity index (χ0n) is 9.98. The number of hydrogen-bond donors (Lipinski definition) is 1. The van der Waals surface area contributed by atoms with Gasteiger partial charge < -0.3 is 5.32 Å². The van der Waals surface area contributed by atoms with Crippen LogP contribution in [0, 0.1) is 0 Å². The molecule has 1 amide bonds. The van der Waals surface area contributed by atoms with E-state index in [1.54, 1.807) is 23.6 Å². The summed E-state index contributed by atoms with van der Waals surface area (Å²) in [6.07, 6.45) is 2.75. The van der Waals surface area contributed by atoms with E-state index < -0.39 is 0 Å². The molecule has 0 spiro atoms. The van der Waals surface area contributed by atoms with Gasteiger partial charge >= 0.3 is 0 Å². The van der Waals surface area contributed by atoms with E-state index in [2.05, 4.69) is 26.2 Å². The molecule has 2 aromatic heterocycles. The number of rotatable bonds is 2. The van der Waals surface area contributed by atoms with Crippen molar-refractivity contribution in [1.82, 2.24) is 4.98 Å². The highest BCUT2D eigenvalue weighted by molar-refractivity contribution is 9.10. The van der Waals surface area contributed by atoms with Gasteiger partial charge in [-0.1, -0.05) is 0 Å². The molecular weight excluding hydrogens is 344 g/mol. The number of anilines is 1. The van der Waals surface area contributed by atoms with Crippen LogP contribution in [-0.2, 0) is 12.2 Å². The van der Waals surface area contributed by atoms with Gasteiger partial charge in [-0.2, -0.15) is 11.8 Å². The van der Waals surface area contributed by atoms with Crippen LogP contribution in [0.1, 0.15) is 20.1 Å². The van der Waals surface area contributed by atoms with Crippen molar-refractivity contribution in [3.8, 4) is 0 Å². The second kappa shape index (κ2) is 5.64. The van der Waals surface area contributed by atoms with Gasteiger partial charge in [0.2, 0.25) is 0 Å². The molecule has 6 heteroatoms. The van der Waals surface area contributed by atoms with E-state index in [4.69, 9.17) is 0 Å². The van der Waals surface area contributed by atoms with Crippen LogP contribution in [0.3, 0.4) is 0 Å². The Morgan fingerprint density at radius 3 is 3.05 bits per heavy atom. The van der Waals surface area contributed by atoms with Crippen LogP contribution in [-0.4, -0.2) is 16.6 Å². The van der Waals surface area contributed by atoms with Crippen molar-refractivity contribution in [2.75, 3.05) is 11.1 Å². The first-order valence-electron chi connectivity index (χ1n) is 5.84. The second-order valence-electron chi connectivity index (χ2n) is 4.18. The van der Waals surface area contributed by atoms with Crippen LogP contribution >= 0.6 is 39.0 Å². The van der Waals surface area contributed by atoms with Gasteiger partial charge in [0.1, 0.15) is 5.82 Å². The van der Waals surface area contributed by atoms with Crippen molar-refractivity contribution in [2.45, 2.75) is 12.2 Å². The lowest BCUT2D eigenvalue weighted by atomic mass is 10.2. The van der Waals surface area contributed by atoms with E-state index in [-0.39, 0.29) is 5.91 Å². The Morgan fingerprint density at radius 2 is 2.32 bits per heavy atom. The van der Waals surface area contributed by atoms with Gasteiger partial charge in [-0.25, -0.2) is 4.98 Å². The fraction of sp³-hybridized carbons (Fsp3) is 0.231. The van der Waals surface area contributed by atoms with Crippen molar-refractivity contribution in [3.05, 3.63) is 44.2 Å². The maximum Gasteiger partial charge on any atom is 0.266 e. The summed E-state index contributed by atoms with van der Waals surface area (Å²) in [5.74, 6) is 2.69. The number of carbonyl (C=O) groups excluding carboxylic acids is 1. The third-order valence-electron chi connectivity index (χ3n) is 2.82. The summed E-state index contributed by atoms with van der Waals surface area (Å²) < 4.78 is 0.897. The van der Waals surface area contributed by atoms with Gasteiger partial charge in [-0.3, -0.25) is 4.79 Å². The van der Waals surface area contributed by atoms with Crippen LogP contribution in [0.15, 0.2) is 28.9 Å². The van der Waals surface area contributed by atoms with Gasteiger partial charge in [-0.05, 0) is 51.9 Å². The molecule has 0 saturated heterocycles. The van der Waals surface area contributed by atoms with Crippen LogP contribution in [0.25, 0.3) is 0 Å². The van der Waals surface area contributed by atoms with Gasteiger partial charge in [0, 0.05) is 21.3 Å². The third kappa shape index (κ3) is 3.01. The van der Waals surface area contributed by atoms with Crippen molar-refractivity contribution < 1.29 is 4.79 Å². The number of halogens is 1. The molecular formula is C13H11BrN2OS2. The summed E-state index contributed by atoms with van der Waals surface area (Å²) in [7, 11) is 0. The number of nitrogens with zero attached hydrogens (tertiary/aromatic N) is 1. The molecule has 0 radical (unpaired) electrons. The Hall–Kier alpha value is -0.850. The maximum atomic E-state index is 12.2. The zero-order valence-corrected chi connectivity index (χ0v) is 13.2. The molecule has 0 saturated carbocycles. The van der Waals surface area contributed by atoms with Gasteiger partial charge in [0.25, 0.3) is 5.91 Å². The number of carbonyl (C=O) groups is 1.